The Bertz CT molecular complexity index is 1130. The standard InChI is InChI=1S/C18H22N10O5S2/c19-17(27-3-1-21-2-4-27)25-22-5-8-6-34-15-11(14(30)28(15)12(8)16(31)32)24-13(29)10(26-33)9-7-35-18(20)23-9/h5,7,10-11,15,21H,1-4,6H2,(H2,19,25)(H2,20,23)(H,24,29)(H,31,32)/t10?,11-,15-/m1/s1. The average Bonchev–Trinajstić information content (AvgIpc) is 3.28. The molecule has 186 valence electrons. The normalized spacial score (nSPS) is 23.7. The zero-order chi connectivity index (χ0) is 25.1. The molecule has 7 N–H and O–H groups in total. The first-order valence-electron chi connectivity index (χ1n) is 10.4. The van der Waals surface area contributed by atoms with Crippen molar-refractivity contribution < 1.29 is 19.5 Å². The van der Waals surface area contributed by atoms with Crippen LogP contribution in [0.15, 0.2) is 32.0 Å². The second-order valence-electron chi connectivity index (χ2n) is 7.63. The Morgan fingerprint density at radius 3 is 2.74 bits per heavy atom. The molecule has 2 saturated heterocycles. The number of carboxylic acids is 1. The number of nitrogens with one attached hydrogen (secondary N) is 2. The molecule has 0 spiro atoms. The maximum absolute atomic E-state index is 12.8. The number of fused-ring (bicyclic) bond motifs is 1. The molecule has 4 heterocycles. The summed E-state index contributed by atoms with van der Waals surface area (Å²) in [6.45, 7) is 2.89. The number of thioether (sulfide) groups is 1. The summed E-state index contributed by atoms with van der Waals surface area (Å²) in [5.74, 6) is -2.36. The average molecular weight is 523 g/mol. The Morgan fingerprint density at radius 2 is 2.11 bits per heavy atom. The number of hydrogen-bond acceptors (Lipinski definition) is 12. The molecule has 1 aromatic rings. The van der Waals surface area contributed by atoms with Crippen LogP contribution in [0.1, 0.15) is 11.7 Å². The zero-order valence-electron chi connectivity index (χ0n) is 18.2. The number of aliphatic carboxylic acids is 1. The van der Waals surface area contributed by atoms with Crippen LogP contribution in [-0.4, -0.2) is 93.2 Å². The predicted molar refractivity (Wildman–Crippen MR) is 129 cm³/mol. The molecular weight excluding hydrogens is 500 g/mol. The van der Waals surface area contributed by atoms with E-state index in [9.17, 15) is 24.4 Å². The number of guanidine groups is 1. The van der Waals surface area contributed by atoms with E-state index < -0.39 is 35.2 Å². The molecule has 1 aromatic heterocycles. The Kier molecular flexibility index (Phi) is 7.27. The number of anilines is 1. The second kappa shape index (κ2) is 10.4. The third-order valence-electron chi connectivity index (χ3n) is 5.49. The molecule has 0 radical (unpaired) electrons. The first-order valence-corrected chi connectivity index (χ1v) is 12.3. The van der Waals surface area contributed by atoms with Crippen LogP contribution in [0.2, 0.25) is 0 Å². The fourth-order valence-corrected chi connectivity index (χ4v) is 5.63. The van der Waals surface area contributed by atoms with Gasteiger partial charge >= 0.3 is 5.97 Å². The van der Waals surface area contributed by atoms with Crippen LogP contribution in [0.25, 0.3) is 0 Å². The van der Waals surface area contributed by atoms with Gasteiger partial charge in [0.1, 0.15) is 17.1 Å². The molecule has 4 rings (SSSR count). The number of thiazole rings is 1. The topological polar surface area (TPSA) is 221 Å². The van der Waals surface area contributed by atoms with Gasteiger partial charge in [-0.1, -0.05) is 0 Å². The number of amides is 2. The van der Waals surface area contributed by atoms with Gasteiger partial charge in [-0.2, -0.15) is 5.10 Å². The number of rotatable bonds is 7. The molecule has 3 aliphatic rings. The number of nitrogen functional groups attached to an aromatic ring is 1. The molecule has 35 heavy (non-hydrogen) atoms. The van der Waals surface area contributed by atoms with Gasteiger partial charge in [0.05, 0.1) is 11.9 Å². The van der Waals surface area contributed by atoms with Crippen molar-refractivity contribution in [1.82, 2.24) is 25.4 Å². The van der Waals surface area contributed by atoms with Gasteiger partial charge in [0, 0.05) is 42.9 Å². The molecule has 15 nitrogen and oxygen atoms in total. The zero-order valence-corrected chi connectivity index (χ0v) is 19.8. The van der Waals surface area contributed by atoms with E-state index in [2.05, 4.69) is 31.0 Å². The molecule has 17 heteroatoms. The molecule has 0 aromatic carbocycles. The number of carbonyl (C=O) groups is 3. The first kappa shape index (κ1) is 24.6. The highest BCUT2D eigenvalue weighted by atomic mass is 32.2. The molecule has 0 aliphatic carbocycles. The molecule has 2 fully saturated rings. The number of aromatic nitrogens is 1. The van der Waals surface area contributed by atoms with Crippen LogP contribution in [0, 0.1) is 4.91 Å². The lowest BCUT2D eigenvalue weighted by molar-refractivity contribution is -0.150. The van der Waals surface area contributed by atoms with E-state index in [-0.39, 0.29) is 33.8 Å². The summed E-state index contributed by atoms with van der Waals surface area (Å²) in [6, 6.07) is -2.50. The number of nitrogens with two attached hydrogens (primary N) is 2. The monoisotopic (exact) mass is 522 g/mol. The van der Waals surface area contributed by atoms with E-state index in [4.69, 9.17) is 11.5 Å². The fourth-order valence-electron chi connectivity index (χ4n) is 3.75. The summed E-state index contributed by atoms with van der Waals surface area (Å²) in [5, 5.41) is 27.0. The maximum Gasteiger partial charge on any atom is 0.353 e. The van der Waals surface area contributed by atoms with Crippen molar-refractivity contribution in [2.75, 3.05) is 37.7 Å². The number of nitroso groups, excluding NO2 is 1. The van der Waals surface area contributed by atoms with Crippen LogP contribution in [0.4, 0.5) is 5.13 Å². The van der Waals surface area contributed by atoms with E-state index >= 15 is 0 Å². The van der Waals surface area contributed by atoms with Gasteiger partial charge in [-0.25, -0.2) is 9.78 Å². The SMILES string of the molecule is NC(=NN=CC1=C(C(=O)O)N2C(=O)[C@@H](NC(=O)C(N=O)c3csc(N)n3)[C@H]2SC1)N1CCNCC1. The summed E-state index contributed by atoms with van der Waals surface area (Å²) >= 11 is 2.28. The van der Waals surface area contributed by atoms with Crippen molar-refractivity contribution in [3.05, 3.63) is 27.3 Å². The summed E-state index contributed by atoms with van der Waals surface area (Å²) < 4.78 is 0. The summed E-state index contributed by atoms with van der Waals surface area (Å²) in [5.41, 5.74) is 11.6. The number of carboxylic acid groups (broad SMARTS) is 1. The van der Waals surface area contributed by atoms with E-state index in [0.29, 0.717) is 13.1 Å². The van der Waals surface area contributed by atoms with Crippen molar-refractivity contribution in [3.8, 4) is 0 Å². The number of carbonyl (C=O) groups excluding carboxylic acids is 2. The molecule has 0 bridgehead atoms. The van der Waals surface area contributed by atoms with Gasteiger partial charge < -0.3 is 32.1 Å². The Balaban J connectivity index is 1.46. The first-order chi connectivity index (χ1) is 16.8. The highest BCUT2D eigenvalue weighted by Crippen LogP contribution is 2.40. The van der Waals surface area contributed by atoms with E-state index in [1.165, 1.54) is 23.4 Å². The number of piperazine rings is 1. The molecule has 2 amide bonds. The summed E-state index contributed by atoms with van der Waals surface area (Å²) in [7, 11) is 0. The molecular formula is C18H22N10O5S2. The van der Waals surface area contributed by atoms with Gasteiger partial charge in [0.2, 0.25) is 12.0 Å². The lowest BCUT2D eigenvalue weighted by Crippen LogP contribution is -2.70. The minimum absolute atomic E-state index is 0.0742. The molecule has 0 saturated carbocycles. The van der Waals surface area contributed by atoms with Gasteiger partial charge in [-0.3, -0.25) is 14.5 Å². The third-order valence-corrected chi connectivity index (χ3v) is 7.48. The largest absolute Gasteiger partial charge is 0.477 e. The van der Waals surface area contributed by atoms with Gasteiger partial charge in [0.15, 0.2) is 5.13 Å². The van der Waals surface area contributed by atoms with Crippen molar-refractivity contribution >= 4 is 58.2 Å². The third kappa shape index (κ3) is 4.96. The van der Waals surface area contributed by atoms with Crippen LogP contribution in [0.3, 0.4) is 0 Å². The Morgan fingerprint density at radius 1 is 1.37 bits per heavy atom. The minimum atomic E-state index is -1.48. The van der Waals surface area contributed by atoms with Crippen LogP contribution < -0.4 is 22.1 Å². The molecule has 3 atom stereocenters. The highest BCUT2D eigenvalue weighted by Gasteiger charge is 2.54. The smallest absolute Gasteiger partial charge is 0.353 e. The summed E-state index contributed by atoms with van der Waals surface area (Å²) in [6.07, 6.45) is 1.26. The maximum atomic E-state index is 12.8. The van der Waals surface area contributed by atoms with Gasteiger partial charge in [-0.05, 0) is 5.18 Å². The Hall–Kier alpha value is -3.57. The van der Waals surface area contributed by atoms with Crippen LogP contribution >= 0.6 is 23.1 Å². The predicted octanol–water partition coefficient (Wildman–Crippen LogP) is -1.52. The quantitative estimate of drug-likeness (QED) is 0.0909. The minimum Gasteiger partial charge on any atom is -0.477 e. The summed E-state index contributed by atoms with van der Waals surface area (Å²) in [4.78, 5) is 55.4. The molecule has 3 aliphatic heterocycles. The van der Waals surface area contributed by atoms with E-state index in [1.807, 2.05) is 4.90 Å². The second-order valence-corrected chi connectivity index (χ2v) is 9.63. The van der Waals surface area contributed by atoms with Crippen molar-refractivity contribution in [3.63, 3.8) is 0 Å². The van der Waals surface area contributed by atoms with Gasteiger partial charge in [-0.15, -0.1) is 33.1 Å². The number of hydrogen-bond donors (Lipinski definition) is 5. The lowest BCUT2D eigenvalue weighted by atomic mass is 10.0. The van der Waals surface area contributed by atoms with Crippen LogP contribution in [0.5, 0.6) is 0 Å². The van der Waals surface area contributed by atoms with Crippen molar-refractivity contribution in [2.45, 2.75) is 17.5 Å². The lowest BCUT2D eigenvalue weighted by Gasteiger charge is -2.49. The van der Waals surface area contributed by atoms with Gasteiger partial charge in [0.25, 0.3) is 11.8 Å². The molecule has 1 unspecified atom stereocenters. The number of nitrogens with zero attached hydrogens (tertiary/aromatic N) is 6. The highest BCUT2D eigenvalue weighted by molar-refractivity contribution is 8.00. The van der Waals surface area contributed by atoms with Crippen molar-refractivity contribution in [1.29, 1.82) is 0 Å². The van der Waals surface area contributed by atoms with E-state index in [0.717, 1.165) is 29.3 Å². The van der Waals surface area contributed by atoms with E-state index in [1.54, 1.807) is 0 Å². The Labute approximate surface area is 206 Å². The number of β-lactam (4-membered cyclic amide) rings is 1. The van der Waals surface area contributed by atoms with Crippen LogP contribution in [-0.2, 0) is 14.4 Å². The van der Waals surface area contributed by atoms with Crippen molar-refractivity contribution in [2.24, 2.45) is 21.1 Å². The fraction of sp³-hybridized carbons (Fsp3) is 0.444.